The van der Waals surface area contributed by atoms with Crippen LogP contribution in [0.25, 0.3) is 11.8 Å². The zero-order chi connectivity index (χ0) is 25.7. The van der Waals surface area contributed by atoms with Gasteiger partial charge in [0.15, 0.2) is 16.3 Å². The number of allylic oxidation sites excluding steroid dienone is 1. The molecule has 0 saturated carbocycles. The largest absolute Gasteiger partial charge is 0.503 e. The molecule has 1 N–H and O–H groups in total. The number of nitrogens with zero attached hydrogens (tertiary/aromatic N) is 2. The Morgan fingerprint density at radius 1 is 1.08 bits per heavy atom. The van der Waals surface area contributed by atoms with Crippen molar-refractivity contribution in [1.82, 2.24) is 4.57 Å². The molecule has 0 fully saturated rings. The number of thiazole rings is 1. The van der Waals surface area contributed by atoms with Crippen molar-refractivity contribution in [2.24, 2.45) is 4.99 Å². The van der Waals surface area contributed by atoms with E-state index in [2.05, 4.69) is 18.2 Å². The van der Waals surface area contributed by atoms with E-state index >= 15 is 0 Å². The van der Waals surface area contributed by atoms with E-state index in [0.29, 0.717) is 14.9 Å². The Balaban J connectivity index is 1.59. The zero-order valence-corrected chi connectivity index (χ0v) is 21.8. The van der Waals surface area contributed by atoms with Crippen molar-refractivity contribution in [3.8, 4) is 17.2 Å². The molecule has 0 unspecified atom stereocenters. The molecule has 37 heavy (non-hydrogen) atoms. The molecule has 1 aromatic heterocycles. The van der Waals surface area contributed by atoms with Crippen LogP contribution in [-0.2, 0) is 6.42 Å². The fraction of sp³-hybridized carbons (Fsp3) is 0.172. The summed E-state index contributed by atoms with van der Waals surface area (Å²) in [6, 6.07) is 19.2. The SMILES string of the molecule is COc1ccc([C@@H]2C3=C(N=c4s/c(=C\c5cc(Cl)c(O)c(OC)c5)c(=O)n42)c2ccccc2CC3)cc1. The van der Waals surface area contributed by atoms with Crippen molar-refractivity contribution >= 4 is 34.7 Å². The first-order chi connectivity index (χ1) is 18.0. The average molecular weight is 531 g/mol. The Morgan fingerprint density at radius 3 is 2.62 bits per heavy atom. The quantitative estimate of drug-likeness (QED) is 0.415. The number of ether oxygens (including phenoxy) is 2. The van der Waals surface area contributed by atoms with Gasteiger partial charge in [0.1, 0.15) is 5.75 Å². The molecule has 2 aliphatic rings. The van der Waals surface area contributed by atoms with Gasteiger partial charge in [-0.1, -0.05) is 59.3 Å². The van der Waals surface area contributed by atoms with Crippen LogP contribution in [0.3, 0.4) is 0 Å². The van der Waals surface area contributed by atoms with E-state index < -0.39 is 0 Å². The second-order valence-corrected chi connectivity index (χ2v) is 10.4. The van der Waals surface area contributed by atoms with Crippen LogP contribution in [0.5, 0.6) is 17.2 Å². The van der Waals surface area contributed by atoms with Gasteiger partial charge in [0.25, 0.3) is 5.56 Å². The summed E-state index contributed by atoms with van der Waals surface area (Å²) in [6.07, 6.45) is 3.48. The van der Waals surface area contributed by atoms with Gasteiger partial charge in [0, 0.05) is 5.56 Å². The van der Waals surface area contributed by atoms with Gasteiger partial charge < -0.3 is 14.6 Å². The third-order valence-electron chi connectivity index (χ3n) is 6.87. The first-order valence-corrected chi connectivity index (χ1v) is 13.0. The molecule has 6 rings (SSSR count). The predicted octanol–water partition coefficient (Wildman–Crippen LogP) is 4.69. The summed E-state index contributed by atoms with van der Waals surface area (Å²) < 4.78 is 12.9. The highest BCUT2D eigenvalue weighted by molar-refractivity contribution is 7.07. The molecule has 8 heteroatoms. The van der Waals surface area contributed by atoms with Gasteiger partial charge in [-0.15, -0.1) is 0 Å². The maximum atomic E-state index is 13.9. The molecule has 1 aliphatic heterocycles. The van der Waals surface area contributed by atoms with Gasteiger partial charge in [-0.2, -0.15) is 0 Å². The van der Waals surface area contributed by atoms with E-state index in [9.17, 15) is 9.90 Å². The van der Waals surface area contributed by atoms with Crippen molar-refractivity contribution in [1.29, 1.82) is 0 Å². The molecule has 1 atom stereocenters. The molecule has 1 aliphatic carbocycles. The van der Waals surface area contributed by atoms with Crippen LogP contribution in [0, 0.1) is 0 Å². The number of aromatic hydroxyl groups is 1. The molecule has 0 bridgehead atoms. The summed E-state index contributed by atoms with van der Waals surface area (Å²) in [4.78, 5) is 19.5. The second kappa shape index (κ2) is 9.25. The lowest BCUT2D eigenvalue weighted by Gasteiger charge is -2.30. The van der Waals surface area contributed by atoms with Gasteiger partial charge in [0.05, 0.1) is 35.5 Å². The number of fused-ring (bicyclic) bond motifs is 3. The summed E-state index contributed by atoms with van der Waals surface area (Å²) in [5, 5.41) is 10.3. The van der Waals surface area contributed by atoms with Crippen LogP contribution in [0.1, 0.15) is 34.7 Å². The van der Waals surface area contributed by atoms with Crippen LogP contribution in [0.4, 0.5) is 0 Å². The summed E-state index contributed by atoms with van der Waals surface area (Å²) in [6.45, 7) is 0. The molecule has 2 heterocycles. The maximum absolute atomic E-state index is 13.9. The highest BCUT2D eigenvalue weighted by atomic mass is 35.5. The number of aromatic nitrogens is 1. The molecule has 0 saturated heterocycles. The van der Waals surface area contributed by atoms with Crippen LogP contribution in [-0.4, -0.2) is 23.9 Å². The minimum absolute atomic E-state index is 0.127. The van der Waals surface area contributed by atoms with Crippen molar-refractivity contribution in [2.75, 3.05) is 14.2 Å². The van der Waals surface area contributed by atoms with Gasteiger partial charge in [-0.3, -0.25) is 9.36 Å². The number of rotatable bonds is 4. The number of hydrogen-bond donors (Lipinski definition) is 1. The minimum Gasteiger partial charge on any atom is -0.503 e. The summed E-state index contributed by atoms with van der Waals surface area (Å²) in [5.41, 5.74) is 6.00. The third kappa shape index (κ3) is 3.95. The van der Waals surface area contributed by atoms with E-state index in [1.807, 2.05) is 30.3 Å². The zero-order valence-electron chi connectivity index (χ0n) is 20.2. The second-order valence-electron chi connectivity index (χ2n) is 8.94. The van der Waals surface area contributed by atoms with E-state index in [1.54, 1.807) is 29.9 Å². The molecular formula is C29H23ClN2O4S. The van der Waals surface area contributed by atoms with Crippen LogP contribution < -0.4 is 24.4 Å². The smallest absolute Gasteiger partial charge is 0.271 e. The van der Waals surface area contributed by atoms with Gasteiger partial charge in [0.2, 0.25) is 0 Å². The van der Waals surface area contributed by atoms with Crippen molar-refractivity contribution in [2.45, 2.75) is 18.9 Å². The molecule has 186 valence electrons. The first kappa shape index (κ1) is 23.6. The lowest BCUT2D eigenvalue weighted by molar-refractivity contribution is 0.373. The molecule has 4 aromatic rings. The maximum Gasteiger partial charge on any atom is 0.271 e. The predicted molar refractivity (Wildman–Crippen MR) is 145 cm³/mol. The number of benzene rings is 3. The van der Waals surface area contributed by atoms with E-state index in [-0.39, 0.29) is 28.1 Å². The minimum atomic E-state index is -0.273. The highest BCUT2D eigenvalue weighted by Gasteiger charge is 2.32. The Kier molecular flexibility index (Phi) is 5.89. The average Bonchev–Trinajstić information content (AvgIpc) is 3.23. The number of halogens is 1. The Hall–Kier alpha value is -3.81. The van der Waals surface area contributed by atoms with Gasteiger partial charge in [-0.05, 0) is 65.4 Å². The van der Waals surface area contributed by atoms with Crippen molar-refractivity contribution < 1.29 is 14.6 Å². The standard InChI is InChI=1S/C29H23ClN2O4S/c1-35-19-10-7-18(8-11-19)26-21-12-9-17-5-3-4-6-20(17)25(21)31-29-32(26)28(34)24(37-29)15-16-13-22(30)27(33)23(14-16)36-2/h3-8,10-11,13-15,26,33H,9,12H2,1-2H3/b24-15-/t26-/m1/s1. The summed E-state index contributed by atoms with van der Waals surface area (Å²) in [7, 11) is 3.10. The highest BCUT2D eigenvalue weighted by Crippen LogP contribution is 2.41. The molecule has 0 spiro atoms. The van der Waals surface area contributed by atoms with E-state index in [0.717, 1.165) is 41.0 Å². The van der Waals surface area contributed by atoms with Gasteiger partial charge in [-0.25, -0.2) is 4.99 Å². The fourth-order valence-corrected chi connectivity index (χ4v) is 6.31. The monoisotopic (exact) mass is 530 g/mol. The molecule has 0 amide bonds. The van der Waals surface area contributed by atoms with Crippen LogP contribution in [0.15, 0.2) is 76.0 Å². The van der Waals surface area contributed by atoms with Crippen molar-refractivity contribution in [3.63, 3.8) is 0 Å². The number of aryl methyl sites for hydroxylation is 1. The molecule has 0 radical (unpaired) electrons. The molecule has 6 nitrogen and oxygen atoms in total. The normalized spacial score (nSPS) is 16.5. The topological polar surface area (TPSA) is 73.1 Å². The van der Waals surface area contributed by atoms with Gasteiger partial charge >= 0.3 is 0 Å². The Bertz CT molecular complexity index is 1750. The first-order valence-electron chi connectivity index (χ1n) is 11.8. The fourth-order valence-electron chi connectivity index (χ4n) is 5.09. The summed E-state index contributed by atoms with van der Waals surface area (Å²) >= 11 is 7.54. The van der Waals surface area contributed by atoms with E-state index in [1.165, 1.54) is 24.0 Å². The summed E-state index contributed by atoms with van der Waals surface area (Å²) in [5.74, 6) is 0.876. The molecule has 3 aromatic carbocycles. The lowest BCUT2D eigenvalue weighted by Crippen LogP contribution is -2.38. The Labute approximate surface area is 222 Å². The third-order valence-corrected chi connectivity index (χ3v) is 8.14. The van der Waals surface area contributed by atoms with E-state index in [4.69, 9.17) is 26.1 Å². The number of methoxy groups -OCH3 is 2. The van der Waals surface area contributed by atoms with Crippen LogP contribution in [0.2, 0.25) is 5.02 Å². The number of hydrogen-bond acceptors (Lipinski definition) is 6. The van der Waals surface area contributed by atoms with Crippen molar-refractivity contribution in [3.05, 3.63) is 113 Å². The van der Waals surface area contributed by atoms with Crippen LogP contribution >= 0.6 is 22.9 Å². The number of phenolic OH excluding ortho intramolecular Hbond substituents is 1. The lowest BCUT2D eigenvalue weighted by atomic mass is 9.83. The molecular weight excluding hydrogens is 508 g/mol. The Morgan fingerprint density at radius 2 is 1.86 bits per heavy atom. The number of phenols is 1.